The molecule has 1 rings (SSSR count). The predicted octanol–water partition coefficient (Wildman–Crippen LogP) is 2.01. The molecule has 1 aromatic carbocycles. The smallest absolute Gasteiger partial charge is 0.337 e. The molecule has 0 atom stereocenters. The first-order chi connectivity index (χ1) is 6.19. The number of carbonyl (C=O) groups excluding carboxylic acids is 1. The van der Waals surface area contributed by atoms with Crippen LogP contribution in [0.2, 0.25) is 0 Å². The van der Waals surface area contributed by atoms with E-state index in [2.05, 4.69) is 9.91 Å². The molecule has 0 aliphatic heterocycles. The van der Waals surface area contributed by atoms with Crippen LogP contribution < -0.4 is 0 Å². The van der Waals surface area contributed by atoms with E-state index in [4.69, 9.17) is 0 Å². The zero-order valence-electron chi connectivity index (χ0n) is 6.78. The van der Waals surface area contributed by atoms with Crippen LogP contribution in [0.25, 0.3) is 0 Å². The van der Waals surface area contributed by atoms with Gasteiger partial charge in [-0.15, -0.1) is 4.91 Å². The minimum Gasteiger partial charge on any atom is -0.465 e. The first-order valence-corrected chi connectivity index (χ1v) is 3.40. The van der Waals surface area contributed by atoms with Crippen molar-refractivity contribution in [2.75, 3.05) is 7.11 Å². The Morgan fingerprint density at radius 1 is 1.54 bits per heavy atom. The fourth-order valence-electron chi connectivity index (χ4n) is 0.827. The Hall–Kier alpha value is -1.78. The monoisotopic (exact) mass is 183 g/mol. The van der Waals surface area contributed by atoms with E-state index in [0.29, 0.717) is 0 Å². The summed E-state index contributed by atoms with van der Waals surface area (Å²) in [5.41, 5.74) is -0.304. The molecule has 4 nitrogen and oxygen atoms in total. The molecule has 0 N–H and O–H groups in total. The highest BCUT2D eigenvalue weighted by Crippen LogP contribution is 2.19. The van der Waals surface area contributed by atoms with Crippen molar-refractivity contribution < 1.29 is 13.9 Å². The van der Waals surface area contributed by atoms with E-state index >= 15 is 0 Å². The highest BCUT2D eigenvalue weighted by atomic mass is 19.1. The van der Waals surface area contributed by atoms with E-state index in [0.717, 1.165) is 12.1 Å². The van der Waals surface area contributed by atoms with E-state index in [-0.39, 0.29) is 5.56 Å². The topological polar surface area (TPSA) is 55.7 Å². The second-order valence-corrected chi connectivity index (χ2v) is 2.25. The number of carbonyl (C=O) groups is 1. The lowest BCUT2D eigenvalue weighted by atomic mass is 10.2. The molecule has 0 unspecified atom stereocenters. The van der Waals surface area contributed by atoms with Crippen LogP contribution in [-0.2, 0) is 4.74 Å². The Morgan fingerprint density at radius 3 is 2.77 bits per heavy atom. The average Bonchev–Trinajstić information content (AvgIpc) is 2.17. The highest BCUT2D eigenvalue weighted by Gasteiger charge is 2.09. The van der Waals surface area contributed by atoms with E-state index < -0.39 is 17.5 Å². The van der Waals surface area contributed by atoms with Gasteiger partial charge < -0.3 is 4.74 Å². The molecular weight excluding hydrogens is 177 g/mol. The summed E-state index contributed by atoms with van der Waals surface area (Å²) >= 11 is 0. The molecule has 13 heavy (non-hydrogen) atoms. The zero-order chi connectivity index (χ0) is 9.84. The standard InChI is InChI=1S/C8H6FNO3/c1-13-8(11)5-2-3-6(9)7(4-5)10-12/h2-4H,1H3. The lowest BCUT2D eigenvalue weighted by Gasteiger charge is -1.99. The first-order valence-electron chi connectivity index (χ1n) is 3.40. The van der Waals surface area contributed by atoms with Gasteiger partial charge in [0.25, 0.3) is 0 Å². The van der Waals surface area contributed by atoms with Crippen LogP contribution in [0.5, 0.6) is 0 Å². The van der Waals surface area contributed by atoms with Crippen molar-refractivity contribution in [3.63, 3.8) is 0 Å². The molecule has 0 amide bonds. The predicted molar refractivity (Wildman–Crippen MR) is 43.2 cm³/mol. The number of nitroso groups, excluding NO2 is 1. The van der Waals surface area contributed by atoms with Crippen LogP contribution >= 0.6 is 0 Å². The minimum atomic E-state index is -0.761. The number of ether oxygens (including phenoxy) is 1. The van der Waals surface area contributed by atoms with Crippen LogP contribution in [0.4, 0.5) is 10.1 Å². The van der Waals surface area contributed by atoms with E-state index in [1.54, 1.807) is 0 Å². The largest absolute Gasteiger partial charge is 0.465 e. The third-order valence-corrected chi connectivity index (χ3v) is 1.47. The lowest BCUT2D eigenvalue weighted by Crippen LogP contribution is -2.00. The maximum atomic E-state index is 12.7. The SMILES string of the molecule is COC(=O)c1ccc(F)c(N=O)c1. The number of benzene rings is 1. The molecule has 1 aromatic rings. The number of esters is 1. The summed E-state index contributed by atoms with van der Waals surface area (Å²) in [5.74, 6) is -1.40. The van der Waals surface area contributed by atoms with Crippen LogP contribution in [-0.4, -0.2) is 13.1 Å². The Labute approximate surface area is 73.3 Å². The van der Waals surface area contributed by atoms with Gasteiger partial charge in [-0.2, -0.15) is 0 Å². The Bertz CT molecular complexity index is 351. The van der Waals surface area contributed by atoms with Gasteiger partial charge in [-0.05, 0) is 23.4 Å². The van der Waals surface area contributed by atoms with Gasteiger partial charge >= 0.3 is 5.97 Å². The normalized spacial score (nSPS) is 9.38. The van der Waals surface area contributed by atoms with Gasteiger partial charge in [0.1, 0.15) is 5.69 Å². The maximum absolute atomic E-state index is 12.7. The van der Waals surface area contributed by atoms with Crippen LogP contribution in [0.1, 0.15) is 10.4 Å². The van der Waals surface area contributed by atoms with E-state index in [1.165, 1.54) is 13.2 Å². The third-order valence-electron chi connectivity index (χ3n) is 1.47. The summed E-state index contributed by atoms with van der Waals surface area (Å²) in [4.78, 5) is 21.0. The van der Waals surface area contributed by atoms with Crippen molar-refractivity contribution in [3.8, 4) is 0 Å². The molecule has 0 bridgehead atoms. The molecule has 0 fully saturated rings. The van der Waals surface area contributed by atoms with Crippen molar-refractivity contribution in [1.29, 1.82) is 0 Å². The fraction of sp³-hybridized carbons (Fsp3) is 0.125. The molecule has 0 saturated carbocycles. The van der Waals surface area contributed by atoms with Gasteiger partial charge in [0.15, 0.2) is 5.82 Å². The molecule has 0 aromatic heterocycles. The molecule has 0 heterocycles. The van der Waals surface area contributed by atoms with Crippen molar-refractivity contribution >= 4 is 11.7 Å². The van der Waals surface area contributed by atoms with Crippen molar-refractivity contribution in [1.82, 2.24) is 0 Å². The molecular formula is C8H6FNO3. The second kappa shape index (κ2) is 3.75. The lowest BCUT2D eigenvalue weighted by molar-refractivity contribution is 0.0600. The molecule has 5 heteroatoms. The number of rotatable bonds is 2. The van der Waals surface area contributed by atoms with Gasteiger partial charge in [-0.1, -0.05) is 0 Å². The van der Waals surface area contributed by atoms with Crippen LogP contribution in [0.15, 0.2) is 23.4 Å². The summed E-state index contributed by atoms with van der Waals surface area (Å²) in [5, 5.41) is 2.41. The Morgan fingerprint density at radius 2 is 2.23 bits per heavy atom. The Kier molecular flexibility index (Phi) is 2.69. The summed E-state index contributed by atoms with van der Waals surface area (Å²) in [6, 6.07) is 3.24. The second-order valence-electron chi connectivity index (χ2n) is 2.25. The van der Waals surface area contributed by atoms with Gasteiger partial charge in [0.05, 0.1) is 12.7 Å². The van der Waals surface area contributed by atoms with Crippen LogP contribution in [0.3, 0.4) is 0 Å². The van der Waals surface area contributed by atoms with Crippen molar-refractivity contribution in [3.05, 3.63) is 34.5 Å². The summed E-state index contributed by atoms with van der Waals surface area (Å²) in [6.45, 7) is 0. The molecule has 68 valence electrons. The van der Waals surface area contributed by atoms with Gasteiger partial charge in [0, 0.05) is 0 Å². The van der Waals surface area contributed by atoms with E-state index in [9.17, 15) is 14.1 Å². The number of hydrogen-bond acceptors (Lipinski definition) is 4. The Balaban J connectivity index is 3.13. The molecule has 0 saturated heterocycles. The number of halogens is 1. The van der Waals surface area contributed by atoms with Gasteiger partial charge in [0.2, 0.25) is 0 Å². The summed E-state index contributed by atoms with van der Waals surface area (Å²) in [7, 11) is 1.19. The third kappa shape index (κ3) is 1.87. The van der Waals surface area contributed by atoms with E-state index in [1.807, 2.05) is 0 Å². The number of methoxy groups -OCH3 is 1. The molecule has 0 aliphatic carbocycles. The summed E-state index contributed by atoms with van der Waals surface area (Å²) < 4.78 is 17.1. The van der Waals surface area contributed by atoms with Gasteiger partial charge in [-0.25, -0.2) is 9.18 Å². The average molecular weight is 183 g/mol. The quantitative estimate of drug-likeness (QED) is 0.520. The minimum absolute atomic E-state index is 0.0958. The molecule has 0 spiro atoms. The highest BCUT2D eigenvalue weighted by molar-refractivity contribution is 5.90. The van der Waals surface area contributed by atoms with Gasteiger partial charge in [-0.3, -0.25) is 0 Å². The zero-order valence-corrected chi connectivity index (χ0v) is 6.78. The maximum Gasteiger partial charge on any atom is 0.337 e. The molecule has 0 aliphatic rings. The first kappa shape index (κ1) is 9.31. The number of hydrogen-bond donors (Lipinski definition) is 0. The summed E-state index contributed by atoms with van der Waals surface area (Å²) in [6.07, 6.45) is 0. The fourth-order valence-corrected chi connectivity index (χ4v) is 0.827. The van der Waals surface area contributed by atoms with Crippen molar-refractivity contribution in [2.45, 2.75) is 0 Å². The molecule has 0 radical (unpaired) electrons. The number of nitrogens with zero attached hydrogens (tertiary/aromatic N) is 1. The van der Waals surface area contributed by atoms with Crippen molar-refractivity contribution in [2.24, 2.45) is 5.18 Å². The van der Waals surface area contributed by atoms with Crippen LogP contribution in [0, 0.1) is 10.7 Å².